The van der Waals surface area contributed by atoms with Crippen LogP contribution < -0.4 is 10.0 Å². The van der Waals surface area contributed by atoms with Gasteiger partial charge in [-0.3, -0.25) is 4.90 Å². The summed E-state index contributed by atoms with van der Waals surface area (Å²) in [5.41, 5.74) is 1.14. The lowest BCUT2D eigenvalue weighted by atomic mass is 10.0. The number of piperidine rings is 1. The molecular weight excluding hydrogens is 350 g/mol. The van der Waals surface area contributed by atoms with E-state index in [0.29, 0.717) is 11.6 Å². The summed E-state index contributed by atoms with van der Waals surface area (Å²) in [7, 11) is -1.58. The molecule has 26 heavy (non-hydrogen) atoms. The van der Waals surface area contributed by atoms with Gasteiger partial charge in [0.05, 0.1) is 16.1 Å². The molecule has 0 aliphatic carbocycles. The second kappa shape index (κ2) is 7.92. The van der Waals surface area contributed by atoms with Crippen molar-refractivity contribution >= 4 is 15.7 Å². The molecule has 3 rings (SSSR count). The molecule has 8 heteroatoms. The summed E-state index contributed by atoms with van der Waals surface area (Å²) >= 11 is 0. The van der Waals surface area contributed by atoms with Gasteiger partial charge >= 0.3 is 0 Å². The SMILES string of the molecule is CN1CCCCC1CN1CCN(c2ccc(S(N)(=O)=O)cc2C#N)CC1. The number of nitrogens with zero attached hydrogens (tertiary/aromatic N) is 4. The molecule has 0 amide bonds. The minimum atomic E-state index is -3.80. The zero-order valence-electron chi connectivity index (χ0n) is 15.3. The Balaban J connectivity index is 1.64. The first-order valence-corrected chi connectivity index (χ1v) is 10.7. The van der Waals surface area contributed by atoms with E-state index in [-0.39, 0.29) is 4.90 Å². The molecule has 2 N–H and O–H groups in total. The van der Waals surface area contributed by atoms with Gasteiger partial charge in [-0.15, -0.1) is 0 Å². The smallest absolute Gasteiger partial charge is 0.238 e. The maximum Gasteiger partial charge on any atom is 0.238 e. The largest absolute Gasteiger partial charge is 0.368 e. The molecule has 2 heterocycles. The van der Waals surface area contributed by atoms with Gasteiger partial charge in [0.15, 0.2) is 0 Å². The number of hydrogen-bond acceptors (Lipinski definition) is 6. The van der Waals surface area contributed by atoms with E-state index >= 15 is 0 Å². The molecule has 2 saturated heterocycles. The van der Waals surface area contributed by atoms with E-state index in [4.69, 9.17) is 5.14 Å². The van der Waals surface area contributed by atoms with Crippen LogP contribution in [0.3, 0.4) is 0 Å². The highest BCUT2D eigenvalue weighted by Gasteiger charge is 2.25. The number of primary sulfonamides is 1. The average Bonchev–Trinajstić information content (AvgIpc) is 2.63. The van der Waals surface area contributed by atoms with E-state index in [1.54, 1.807) is 6.07 Å². The Hall–Kier alpha value is -1.66. The first kappa shape index (κ1) is 19.1. The molecule has 2 fully saturated rings. The molecule has 0 saturated carbocycles. The van der Waals surface area contributed by atoms with Crippen LogP contribution in [0.4, 0.5) is 5.69 Å². The van der Waals surface area contributed by atoms with Crippen molar-refractivity contribution in [3.05, 3.63) is 23.8 Å². The number of benzene rings is 1. The van der Waals surface area contributed by atoms with Crippen molar-refractivity contribution in [1.82, 2.24) is 9.80 Å². The van der Waals surface area contributed by atoms with Gasteiger partial charge in [0, 0.05) is 38.8 Å². The van der Waals surface area contributed by atoms with Gasteiger partial charge in [0.25, 0.3) is 0 Å². The predicted octanol–water partition coefficient (Wildman–Crippen LogP) is 0.812. The van der Waals surface area contributed by atoms with Crippen LogP contribution >= 0.6 is 0 Å². The summed E-state index contributed by atoms with van der Waals surface area (Å²) in [6.07, 6.45) is 3.88. The molecule has 2 aliphatic heterocycles. The van der Waals surface area contributed by atoms with Gasteiger partial charge in [-0.05, 0) is 44.6 Å². The van der Waals surface area contributed by atoms with Crippen molar-refractivity contribution in [1.29, 1.82) is 5.26 Å². The Labute approximate surface area is 156 Å². The van der Waals surface area contributed by atoms with Gasteiger partial charge in [-0.25, -0.2) is 13.6 Å². The van der Waals surface area contributed by atoms with E-state index in [0.717, 1.165) is 38.4 Å². The number of piperazine rings is 1. The Morgan fingerprint density at radius 1 is 1.19 bits per heavy atom. The minimum absolute atomic E-state index is 0.0169. The average molecular weight is 378 g/mol. The predicted molar refractivity (Wildman–Crippen MR) is 101 cm³/mol. The molecular formula is C18H27N5O2S. The zero-order valence-corrected chi connectivity index (χ0v) is 16.1. The van der Waals surface area contributed by atoms with Gasteiger partial charge in [0.1, 0.15) is 6.07 Å². The number of likely N-dealkylation sites (N-methyl/N-ethyl adjacent to an activating group) is 1. The lowest BCUT2D eigenvalue weighted by Gasteiger charge is -2.41. The fraction of sp³-hybridized carbons (Fsp3) is 0.611. The van der Waals surface area contributed by atoms with E-state index < -0.39 is 10.0 Å². The molecule has 0 bridgehead atoms. The number of nitriles is 1. The van der Waals surface area contributed by atoms with Crippen LogP contribution in [0.15, 0.2) is 23.1 Å². The fourth-order valence-corrected chi connectivity index (χ4v) is 4.44. The number of hydrogen-bond donors (Lipinski definition) is 1. The lowest BCUT2D eigenvalue weighted by molar-refractivity contribution is 0.125. The highest BCUT2D eigenvalue weighted by atomic mass is 32.2. The van der Waals surface area contributed by atoms with Crippen LogP contribution in [0.2, 0.25) is 0 Å². The summed E-state index contributed by atoms with van der Waals surface area (Å²) in [5.74, 6) is 0. The summed E-state index contributed by atoms with van der Waals surface area (Å²) in [6, 6.07) is 7.29. The van der Waals surface area contributed by atoms with Crippen molar-refractivity contribution < 1.29 is 8.42 Å². The quantitative estimate of drug-likeness (QED) is 0.835. The molecule has 0 radical (unpaired) electrons. The van der Waals surface area contributed by atoms with Crippen LogP contribution in [-0.4, -0.2) is 70.6 Å². The third-order valence-corrected chi connectivity index (χ3v) is 6.43. The van der Waals surface area contributed by atoms with Gasteiger partial charge in [-0.2, -0.15) is 5.26 Å². The zero-order chi connectivity index (χ0) is 18.7. The minimum Gasteiger partial charge on any atom is -0.368 e. The van der Waals surface area contributed by atoms with Crippen molar-refractivity contribution in [3.8, 4) is 6.07 Å². The standard InChI is InChI=1S/C18H27N5O2S/c1-21-7-3-2-4-16(21)14-22-8-10-23(11-9-22)18-6-5-17(26(20,24)25)12-15(18)13-19/h5-6,12,16H,2-4,7-11,14H2,1H3,(H2,20,24,25). The fourth-order valence-electron chi connectivity index (χ4n) is 3.90. The molecule has 2 aliphatic rings. The highest BCUT2D eigenvalue weighted by molar-refractivity contribution is 7.89. The Bertz CT molecular complexity index is 781. The third-order valence-electron chi connectivity index (χ3n) is 5.52. The maximum absolute atomic E-state index is 11.5. The Kier molecular flexibility index (Phi) is 5.82. The van der Waals surface area contributed by atoms with Crippen LogP contribution in [0, 0.1) is 11.3 Å². The summed E-state index contributed by atoms with van der Waals surface area (Å²) in [5, 5.41) is 14.6. The normalized spacial score (nSPS) is 23.0. The van der Waals surface area contributed by atoms with E-state index in [1.807, 2.05) is 0 Å². The van der Waals surface area contributed by atoms with Crippen LogP contribution in [0.5, 0.6) is 0 Å². The van der Waals surface area contributed by atoms with E-state index in [2.05, 4.69) is 27.8 Å². The molecule has 1 unspecified atom stereocenters. The lowest BCUT2D eigenvalue weighted by Crippen LogP contribution is -2.52. The van der Waals surface area contributed by atoms with Crippen molar-refractivity contribution in [2.75, 3.05) is 51.2 Å². The van der Waals surface area contributed by atoms with E-state index in [1.165, 1.54) is 37.9 Å². The topological polar surface area (TPSA) is 93.7 Å². The molecule has 1 aromatic rings. The van der Waals surface area contributed by atoms with E-state index in [9.17, 15) is 13.7 Å². The molecule has 0 aromatic heterocycles. The number of nitrogens with two attached hydrogens (primary N) is 1. The first-order chi connectivity index (χ1) is 12.4. The van der Waals surface area contributed by atoms with Crippen molar-refractivity contribution in [2.45, 2.75) is 30.2 Å². The molecule has 1 atom stereocenters. The number of anilines is 1. The summed E-state index contributed by atoms with van der Waals surface area (Å²) < 4.78 is 23.0. The summed E-state index contributed by atoms with van der Waals surface area (Å²) in [6.45, 7) is 5.85. The molecule has 142 valence electrons. The third kappa shape index (κ3) is 4.35. The molecule has 0 spiro atoms. The van der Waals surface area contributed by atoms with Gasteiger partial charge in [0.2, 0.25) is 10.0 Å². The maximum atomic E-state index is 11.5. The summed E-state index contributed by atoms with van der Waals surface area (Å²) in [4.78, 5) is 7.10. The Morgan fingerprint density at radius 2 is 1.92 bits per heavy atom. The Morgan fingerprint density at radius 3 is 2.54 bits per heavy atom. The van der Waals surface area contributed by atoms with Crippen LogP contribution in [0.25, 0.3) is 0 Å². The number of likely N-dealkylation sites (tertiary alicyclic amines) is 1. The monoisotopic (exact) mass is 377 g/mol. The second-order valence-electron chi connectivity index (χ2n) is 7.25. The number of rotatable bonds is 4. The molecule has 7 nitrogen and oxygen atoms in total. The van der Waals surface area contributed by atoms with Gasteiger partial charge < -0.3 is 9.80 Å². The molecule has 1 aromatic carbocycles. The van der Waals surface area contributed by atoms with Crippen molar-refractivity contribution in [3.63, 3.8) is 0 Å². The van der Waals surface area contributed by atoms with Crippen LogP contribution in [0.1, 0.15) is 24.8 Å². The first-order valence-electron chi connectivity index (χ1n) is 9.13. The van der Waals surface area contributed by atoms with Crippen molar-refractivity contribution in [2.24, 2.45) is 5.14 Å². The van der Waals surface area contributed by atoms with Gasteiger partial charge in [-0.1, -0.05) is 6.42 Å². The number of sulfonamides is 1. The van der Waals surface area contributed by atoms with Crippen LogP contribution in [-0.2, 0) is 10.0 Å². The highest BCUT2D eigenvalue weighted by Crippen LogP contribution is 2.25. The second-order valence-corrected chi connectivity index (χ2v) is 8.82.